The lowest BCUT2D eigenvalue weighted by atomic mass is 9.97. The molecule has 0 aliphatic heterocycles. The Morgan fingerprint density at radius 1 is 1.18 bits per heavy atom. The number of hydrogen-bond acceptors (Lipinski definition) is 2. The summed E-state index contributed by atoms with van der Waals surface area (Å²) in [4.78, 5) is 10.0. The Labute approximate surface area is 69.4 Å². The van der Waals surface area contributed by atoms with E-state index in [4.69, 9.17) is 0 Å². The lowest BCUT2D eigenvalue weighted by Crippen LogP contribution is -2.03. The molecule has 0 aromatic rings. The van der Waals surface area contributed by atoms with Crippen LogP contribution in [0.25, 0.3) is 0 Å². The molecule has 0 saturated heterocycles. The normalized spacial score (nSPS) is 12.9. The molecule has 2 nitrogen and oxygen atoms in total. The number of unbranched alkanes of at least 4 members (excludes halogenated alkanes) is 1. The van der Waals surface area contributed by atoms with Crippen LogP contribution in [0.2, 0.25) is 0 Å². The van der Waals surface area contributed by atoms with Crippen molar-refractivity contribution in [2.24, 2.45) is 11.1 Å². The Kier molecular flexibility index (Phi) is 7.42. The zero-order valence-electron chi connectivity index (χ0n) is 7.68. The fraction of sp³-hybridized carbons (Fsp3) is 1.00. The van der Waals surface area contributed by atoms with Gasteiger partial charge < -0.3 is 0 Å². The summed E-state index contributed by atoms with van der Waals surface area (Å²) in [5, 5.41) is 2.96. The van der Waals surface area contributed by atoms with Gasteiger partial charge in [-0.3, -0.25) is 0 Å². The number of hydrogen-bond donors (Lipinski definition) is 0. The van der Waals surface area contributed by atoms with Crippen LogP contribution in [0.15, 0.2) is 5.18 Å². The lowest BCUT2D eigenvalue weighted by Gasteiger charge is -2.10. The van der Waals surface area contributed by atoms with Crippen LogP contribution in [0.4, 0.5) is 0 Å². The summed E-state index contributed by atoms with van der Waals surface area (Å²) in [6.45, 7) is 4.86. The van der Waals surface area contributed by atoms with E-state index in [0.717, 1.165) is 6.42 Å². The molecular formula is C9H19NO. The first-order chi connectivity index (χ1) is 5.35. The number of nitrogens with zero attached hydrogens (tertiary/aromatic N) is 1. The molecule has 0 rings (SSSR count). The molecule has 0 N–H and O–H groups in total. The van der Waals surface area contributed by atoms with Crippen LogP contribution in [0.1, 0.15) is 46.0 Å². The van der Waals surface area contributed by atoms with Crippen LogP contribution in [0, 0.1) is 10.8 Å². The van der Waals surface area contributed by atoms with E-state index in [9.17, 15) is 4.91 Å². The molecule has 66 valence electrons. The highest BCUT2D eigenvalue weighted by molar-refractivity contribution is 4.60. The highest BCUT2D eigenvalue weighted by Gasteiger charge is 2.06. The second-order valence-electron chi connectivity index (χ2n) is 3.11. The number of rotatable bonds is 7. The van der Waals surface area contributed by atoms with Crippen molar-refractivity contribution >= 4 is 0 Å². The highest BCUT2D eigenvalue weighted by Crippen LogP contribution is 2.14. The fourth-order valence-corrected chi connectivity index (χ4v) is 1.33. The van der Waals surface area contributed by atoms with Gasteiger partial charge in [0.15, 0.2) is 0 Å². The third-order valence-corrected chi connectivity index (χ3v) is 2.00. The zero-order chi connectivity index (χ0) is 8.53. The Morgan fingerprint density at radius 2 is 1.91 bits per heavy atom. The molecule has 1 atom stereocenters. The van der Waals surface area contributed by atoms with E-state index < -0.39 is 0 Å². The standard InChI is InChI=1S/C9H19NO/c1-3-5-7-9(6-4-2)8-10-11/h9H,3-8H2,1-2H3. The van der Waals surface area contributed by atoms with Gasteiger partial charge in [0, 0.05) is 0 Å². The van der Waals surface area contributed by atoms with Gasteiger partial charge >= 0.3 is 0 Å². The molecule has 0 heterocycles. The van der Waals surface area contributed by atoms with Gasteiger partial charge in [-0.2, -0.15) is 4.91 Å². The zero-order valence-corrected chi connectivity index (χ0v) is 7.68. The van der Waals surface area contributed by atoms with Gasteiger partial charge in [0.1, 0.15) is 0 Å². The summed E-state index contributed by atoms with van der Waals surface area (Å²) in [6, 6.07) is 0. The van der Waals surface area contributed by atoms with Crippen LogP contribution in [0.3, 0.4) is 0 Å². The Balaban J connectivity index is 3.41. The van der Waals surface area contributed by atoms with Gasteiger partial charge in [0.25, 0.3) is 0 Å². The van der Waals surface area contributed by atoms with Crippen LogP contribution in [-0.2, 0) is 0 Å². The molecule has 0 saturated carbocycles. The minimum Gasteiger partial charge on any atom is -0.151 e. The van der Waals surface area contributed by atoms with Crippen molar-refractivity contribution in [3.05, 3.63) is 4.91 Å². The van der Waals surface area contributed by atoms with E-state index in [1.165, 1.54) is 25.7 Å². The first kappa shape index (κ1) is 10.6. The largest absolute Gasteiger partial charge is 0.151 e. The maximum atomic E-state index is 10.0. The van der Waals surface area contributed by atoms with E-state index in [1.54, 1.807) is 0 Å². The second kappa shape index (κ2) is 7.70. The molecule has 0 aromatic carbocycles. The van der Waals surface area contributed by atoms with Gasteiger partial charge in [0.05, 0.1) is 6.54 Å². The summed E-state index contributed by atoms with van der Waals surface area (Å²) in [5.41, 5.74) is 0. The Morgan fingerprint density at radius 3 is 2.36 bits per heavy atom. The summed E-state index contributed by atoms with van der Waals surface area (Å²) < 4.78 is 0. The first-order valence-electron chi connectivity index (χ1n) is 4.64. The van der Waals surface area contributed by atoms with Crippen LogP contribution >= 0.6 is 0 Å². The van der Waals surface area contributed by atoms with Crippen molar-refractivity contribution in [1.29, 1.82) is 0 Å². The lowest BCUT2D eigenvalue weighted by molar-refractivity contribution is 0.439. The molecule has 0 radical (unpaired) electrons. The van der Waals surface area contributed by atoms with Gasteiger partial charge in [0.2, 0.25) is 0 Å². The van der Waals surface area contributed by atoms with Crippen molar-refractivity contribution in [1.82, 2.24) is 0 Å². The molecule has 0 aliphatic rings. The minimum absolute atomic E-state index is 0.522. The summed E-state index contributed by atoms with van der Waals surface area (Å²) in [7, 11) is 0. The fourth-order valence-electron chi connectivity index (χ4n) is 1.33. The molecule has 1 unspecified atom stereocenters. The van der Waals surface area contributed by atoms with Gasteiger partial charge in [-0.1, -0.05) is 38.3 Å². The SMILES string of the molecule is CCCCC(CCC)CN=O. The Hall–Kier alpha value is -0.400. The summed E-state index contributed by atoms with van der Waals surface area (Å²) >= 11 is 0. The third-order valence-electron chi connectivity index (χ3n) is 2.00. The van der Waals surface area contributed by atoms with Gasteiger partial charge in [-0.15, -0.1) is 0 Å². The summed E-state index contributed by atoms with van der Waals surface area (Å²) in [6.07, 6.45) is 5.96. The van der Waals surface area contributed by atoms with E-state index in [2.05, 4.69) is 19.0 Å². The van der Waals surface area contributed by atoms with E-state index in [1.807, 2.05) is 0 Å². The molecule has 0 aromatic heterocycles. The molecule has 2 heteroatoms. The first-order valence-corrected chi connectivity index (χ1v) is 4.64. The van der Waals surface area contributed by atoms with Crippen molar-refractivity contribution in [3.8, 4) is 0 Å². The molecule has 0 fully saturated rings. The minimum atomic E-state index is 0.522. The van der Waals surface area contributed by atoms with Crippen molar-refractivity contribution in [2.45, 2.75) is 46.0 Å². The monoisotopic (exact) mass is 157 g/mol. The highest BCUT2D eigenvalue weighted by atomic mass is 16.3. The third kappa shape index (κ3) is 6.02. The van der Waals surface area contributed by atoms with Crippen LogP contribution < -0.4 is 0 Å². The molecule has 0 aliphatic carbocycles. The smallest absolute Gasteiger partial charge is 0.0839 e. The maximum absolute atomic E-state index is 10.0. The van der Waals surface area contributed by atoms with Crippen molar-refractivity contribution < 1.29 is 0 Å². The second-order valence-corrected chi connectivity index (χ2v) is 3.11. The average Bonchev–Trinajstić information content (AvgIpc) is 2.01. The molecule has 11 heavy (non-hydrogen) atoms. The number of nitroso groups, excluding NO2 is 1. The summed E-state index contributed by atoms with van der Waals surface area (Å²) in [5.74, 6) is 0.553. The maximum Gasteiger partial charge on any atom is 0.0839 e. The van der Waals surface area contributed by atoms with Crippen molar-refractivity contribution in [2.75, 3.05) is 6.54 Å². The topological polar surface area (TPSA) is 29.4 Å². The quantitative estimate of drug-likeness (QED) is 0.521. The predicted octanol–water partition coefficient (Wildman–Crippen LogP) is 3.36. The Bertz CT molecular complexity index is 93.6. The van der Waals surface area contributed by atoms with Gasteiger partial charge in [-0.05, 0) is 18.8 Å². The van der Waals surface area contributed by atoms with E-state index in [-0.39, 0.29) is 0 Å². The average molecular weight is 157 g/mol. The molecule has 0 bridgehead atoms. The van der Waals surface area contributed by atoms with E-state index >= 15 is 0 Å². The predicted molar refractivity (Wildman–Crippen MR) is 48.6 cm³/mol. The van der Waals surface area contributed by atoms with Crippen LogP contribution in [0.5, 0.6) is 0 Å². The van der Waals surface area contributed by atoms with Crippen molar-refractivity contribution in [3.63, 3.8) is 0 Å². The van der Waals surface area contributed by atoms with Crippen LogP contribution in [-0.4, -0.2) is 6.54 Å². The van der Waals surface area contributed by atoms with Gasteiger partial charge in [-0.25, -0.2) is 0 Å². The molecule has 0 spiro atoms. The molecule has 0 amide bonds. The molecular weight excluding hydrogens is 138 g/mol. The van der Waals surface area contributed by atoms with E-state index in [0.29, 0.717) is 12.5 Å².